The van der Waals surface area contributed by atoms with E-state index >= 15 is 0 Å². The summed E-state index contributed by atoms with van der Waals surface area (Å²) in [5, 5.41) is 0. The first-order valence-electron chi connectivity index (χ1n) is 8.45. The molecule has 0 bridgehead atoms. The van der Waals surface area contributed by atoms with Crippen LogP contribution in [0.3, 0.4) is 0 Å². The lowest BCUT2D eigenvalue weighted by Crippen LogP contribution is -2.36. The second-order valence-electron chi connectivity index (χ2n) is 6.63. The largest absolute Gasteiger partial charge is 0.433 e. The zero-order valence-electron chi connectivity index (χ0n) is 14.4. The summed E-state index contributed by atoms with van der Waals surface area (Å²) in [6.07, 6.45) is 1.61. The molecule has 0 aliphatic carbocycles. The van der Waals surface area contributed by atoms with Gasteiger partial charge in [0, 0.05) is 31.5 Å². The van der Waals surface area contributed by atoms with Crippen LogP contribution in [0.25, 0.3) is 0 Å². The van der Waals surface area contributed by atoms with E-state index in [9.17, 15) is 18.0 Å². The lowest BCUT2D eigenvalue weighted by molar-refractivity contribution is -0.141. The van der Waals surface area contributed by atoms with Gasteiger partial charge in [0.2, 0.25) is 0 Å². The Hall–Kier alpha value is -2.29. The van der Waals surface area contributed by atoms with Gasteiger partial charge in [0.25, 0.3) is 5.56 Å². The second kappa shape index (κ2) is 7.53. The topological polar surface area (TPSA) is 63.9 Å². The van der Waals surface area contributed by atoms with Crippen LogP contribution < -0.4 is 5.56 Å². The molecule has 0 aromatic carbocycles. The zero-order chi connectivity index (χ0) is 18.7. The lowest BCUT2D eigenvalue weighted by atomic mass is 9.96. The molecule has 1 fully saturated rings. The van der Waals surface area contributed by atoms with Crippen LogP contribution in [-0.4, -0.2) is 37.5 Å². The van der Waals surface area contributed by atoms with E-state index in [2.05, 4.69) is 19.9 Å². The number of piperidine rings is 1. The maximum atomic E-state index is 12.6. The number of rotatable bonds is 4. The van der Waals surface area contributed by atoms with Crippen LogP contribution in [0.15, 0.2) is 29.6 Å². The molecule has 0 radical (unpaired) electrons. The molecule has 3 rings (SSSR count). The smallest absolute Gasteiger partial charge is 0.299 e. The van der Waals surface area contributed by atoms with Gasteiger partial charge in [-0.3, -0.25) is 24.2 Å². The van der Waals surface area contributed by atoms with Gasteiger partial charge in [-0.1, -0.05) is 0 Å². The van der Waals surface area contributed by atoms with Gasteiger partial charge in [-0.25, -0.2) is 4.98 Å². The fraction of sp³-hybridized carbons (Fsp3) is 0.529. The predicted octanol–water partition coefficient (Wildman–Crippen LogP) is 2.27. The van der Waals surface area contributed by atoms with E-state index in [1.54, 1.807) is 12.4 Å². The van der Waals surface area contributed by atoms with E-state index in [1.807, 2.05) is 6.92 Å². The molecular formula is C17H20F3N5O. The highest BCUT2D eigenvalue weighted by Crippen LogP contribution is 2.26. The standard InChI is InChI=1S/C17H20F3N5O/c1-12-7-21-8-14(23-12)10-24-4-2-13(3-5-24)9-25-11-22-15(6-16(25)26)17(18,19)20/h6-8,11,13H,2-5,9-10H2,1H3. The van der Waals surface area contributed by atoms with Crippen LogP contribution in [-0.2, 0) is 19.3 Å². The normalized spacial score (nSPS) is 16.8. The van der Waals surface area contributed by atoms with Crippen LogP contribution in [0.1, 0.15) is 29.9 Å². The first-order valence-corrected chi connectivity index (χ1v) is 8.45. The number of aryl methyl sites for hydroxylation is 1. The van der Waals surface area contributed by atoms with Crippen molar-refractivity contribution in [3.05, 3.63) is 52.2 Å². The lowest BCUT2D eigenvalue weighted by Gasteiger charge is -2.31. The average Bonchev–Trinajstić information content (AvgIpc) is 2.57. The summed E-state index contributed by atoms with van der Waals surface area (Å²) in [5.74, 6) is 0.242. The van der Waals surface area contributed by atoms with Crippen molar-refractivity contribution in [3.63, 3.8) is 0 Å². The molecule has 1 saturated heterocycles. The Morgan fingerprint density at radius 1 is 1.23 bits per heavy atom. The summed E-state index contributed by atoms with van der Waals surface area (Å²) in [6, 6.07) is 0.561. The van der Waals surface area contributed by atoms with Gasteiger partial charge in [-0.05, 0) is 38.8 Å². The average molecular weight is 367 g/mol. The Kier molecular flexibility index (Phi) is 5.36. The van der Waals surface area contributed by atoms with Gasteiger partial charge in [-0.15, -0.1) is 0 Å². The molecule has 0 saturated carbocycles. The van der Waals surface area contributed by atoms with Crippen molar-refractivity contribution in [3.8, 4) is 0 Å². The van der Waals surface area contributed by atoms with Crippen molar-refractivity contribution >= 4 is 0 Å². The van der Waals surface area contributed by atoms with Crippen LogP contribution in [0.4, 0.5) is 13.2 Å². The molecule has 0 amide bonds. The third-order valence-electron chi connectivity index (χ3n) is 4.52. The van der Waals surface area contributed by atoms with Gasteiger partial charge in [-0.2, -0.15) is 13.2 Å². The molecule has 0 atom stereocenters. The number of alkyl halides is 3. The van der Waals surface area contributed by atoms with Crippen molar-refractivity contribution in [2.45, 2.75) is 39.0 Å². The van der Waals surface area contributed by atoms with Crippen molar-refractivity contribution < 1.29 is 13.2 Å². The summed E-state index contributed by atoms with van der Waals surface area (Å²) < 4.78 is 39.0. The van der Waals surface area contributed by atoms with Crippen LogP contribution in [0.5, 0.6) is 0 Å². The molecule has 0 unspecified atom stereocenters. The number of hydrogen-bond donors (Lipinski definition) is 0. The molecule has 9 heteroatoms. The molecule has 0 spiro atoms. The molecule has 2 aromatic rings. The van der Waals surface area contributed by atoms with Crippen LogP contribution in [0.2, 0.25) is 0 Å². The third kappa shape index (κ3) is 4.66. The molecule has 140 valence electrons. The number of hydrogen-bond acceptors (Lipinski definition) is 5. The van der Waals surface area contributed by atoms with Crippen molar-refractivity contribution in [2.24, 2.45) is 5.92 Å². The van der Waals surface area contributed by atoms with E-state index in [4.69, 9.17) is 0 Å². The Morgan fingerprint density at radius 2 is 1.96 bits per heavy atom. The van der Waals surface area contributed by atoms with E-state index in [1.165, 1.54) is 4.57 Å². The van der Waals surface area contributed by atoms with Gasteiger partial charge in [0.05, 0.1) is 17.7 Å². The van der Waals surface area contributed by atoms with Crippen molar-refractivity contribution in [2.75, 3.05) is 13.1 Å². The van der Waals surface area contributed by atoms with Crippen LogP contribution >= 0.6 is 0 Å². The van der Waals surface area contributed by atoms with Crippen molar-refractivity contribution in [1.82, 2.24) is 24.4 Å². The molecule has 3 heterocycles. The quantitative estimate of drug-likeness (QED) is 0.830. The van der Waals surface area contributed by atoms with E-state index in [0.29, 0.717) is 12.6 Å². The number of nitrogens with zero attached hydrogens (tertiary/aromatic N) is 5. The molecule has 1 aliphatic heterocycles. The molecule has 2 aromatic heterocycles. The highest BCUT2D eigenvalue weighted by atomic mass is 19.4. The monoisotopic (exact) mass is 367 g/mol. The predicted molar refractivity (Wildman–Crippen MR) is 88.3 cm³/mol. The van der Waals surface area contributed by atoms with E-state index in [-0.39, 0.29) is 5.92 Å². The first-order chi connectivity index (χ1) is 12.3. The van der Waals surface area contributed by atoms with Gasteiger partial charge >= 0.3 is 6.18 Å². The molecular weight excluding hydrogens is 347 g/mol. The summed E-state index contributed by atoms with van der Waals surface area (Å²) in [5.41, 5.74) is -0.00389. The Morgan fingerprint density at radius 3 is 2.58 bits per heavy atom. The maximum Gasteiger partial charge on any atom is 0.433 e. The van der Waals surface area contributed by atoms with Gasteiger partial charge in [0.15, 0.2) is 5.69 Å². The van der Waals surface area contributed by atoms with E-state index < -0.39 is 17.4 Å². The third-order valence-corrected chi connectivity index (χ3v) is 4.52. The first kappa shape index (κ1) is 18.5. The zero-order valence-corrected chi connectivity index (χ0v) is 14.4. The van der Waals surface area contributed by atoms with Gasteiger partial charge < -0.3 is 0 Å². The van der Waals surface area contributed by atoms with E-state index in [0.717, 1.165) is 50.2 Å². The maximum absolute atomic E-state index is 12.6. The minimum atomic E-state index is -4.59. The minimum Gasteiger partial charge on any atom is -0.299 e. The SMILES string of the molecule is Cc1cncc(CN2CCC(Cn3cnc(C(F)(F)F)cc3=O)CC2)n1. The number of aromatic nitrogens is 4. The summed E-state index contributed by atoms with van der Waals surface area (Å²) in [6.45, 7) is 4.72. The highest BCUT2D eigenvalue weighted by Gasteiger charge is 2.33. The molecule has 26 heavy (non-hydrogen) atoms. The van der Waals surface area contributed by atoms with Gasteiger partial charge in [0.1, 0.15) is 0 Å². The summed E-state index contributed by atoms with van der Waals surface area (Å²) in [7, 11) is 0. The molecule has 0 N–H and O–H groups in total. The van der Waals surface area contributed by atoms with Crippen molar-refractivity contribution in [1.29, 1.82) is 0 Å². The Balaban J connectivity index is 1.55. The summed E-state index contributed by atoms with van der Waals surface area (Å²) in [4.78, 5) is 26.1. The molecule has 6 nitrogen and oxygen atoms in total. The fourth-order valence-electron chi connectivity index (χ4n) is 3.14. The number of likely N-dealkylation sites (tertiary alicyclic amines) is 1. The Labute approximate surface area is 148 Å². The molecule has 1 aliphatic rings. The fourth-order valence-corrected chi connectivity index (χ4v) is 3.14. The second-order valence-corrected chi connectivity index (χ2v) is 6.63. The Bertz CT molecular complexity index is 813. The highest BCUT2D eigenvalue weighted by molar-refractivity contribution is 5.04. The number of halogens is 3. The summed E-state index contributed by atoms with van der Waals surface area (Å²) >= 11 is 0. The van der Waals surface area contributed by atoms with Crippen LogP contribution in [0, 0.1) is 12.8 Å². The minimum absolute atomic E-state index is 0.242.